The first-order valence-electron chi connectivity index (χ1n) is 30.5. The lowest BCUT2D eigenvalue weighted by Crippen LogP contribution is -2.25. The van der Waals surface area contributed by atoms with Crippen molar-refractivity contribution in [3.63, 3.8) is 0 Å². The van der Waals surface area contributed by atoms with Crippen LogP contribution in [0.5, 0.6) is 0 Å². The Morgan fingerprint density at radius 3 is 1.25 bits per heavy atom. The molecule has 414 valence electrons. The number of unbranched alkanes of at least 4 members (excludes halogenated alkanes) is 4. The number of carbonyl (C=O) groups excluding carboxylic acids is 2. The maximum atomic E-state index is 15.9. The molecular formula is C75H80N2O2S2. The number of hydrogen-bond donors (Lipinski definition) is 2. The summed E-state index contributed by atoms with van der Waals surface area (Å²) in [4.78, 5) is 35.3. The van der Waals surface area contributed by atoms with E-state index in [9.17, 15) is 0 Å². The fourth-order valence-electron chi connectivity index (χ4n) is 13.1. The molecular weight excluding hydrogens is 1020 g/mol. The lowest BCUT2D eigenvalue weighted by atomic mass is 9.77. The molecule has 0 heterocycles. The predicted molar refractivity (Wildman–Crippen MR) is 343 cm³/mol. The van der Waals surface area contributed by atoms with E-state index in [0.717, 1.165) is 70.6 Å². The zero-order valence-corrected chi connectivity index (χ0v) is 50.0. The van der Waals surface area contributed by atoms with Gasteiger partial charge in [0.1, 0.15) is 0 Å². The molecule has 6 heteroatoms. The molecule has 3 aliphatic carbocycles. The van der Waals surface area contributed by atoms with Crippen LogP contribution in [-0.2, 0) is 0 Å². The molecule has 2 saturated carbocycles. The van der Waals surface area contributed by atoms with Crippen LogP contribution in [0.4, 0.5) is 22.7 Å². The normalized spacial score (nSPS) is 17.8. The smallest absolute Gasteiger partial charge is 0.198 e. The fourth-order valence-corrected chi connectivity index (χ4v) is 15.0. The molecule has 0 radical (unpaired) electrons. The van der Waals surface area contributed by atoms with Crippen LogP contribution in [0.15, 0.2) is 183 Å². The van der Waals surface area contributed by atoms with Gasteiger partial charge in [0.2, 0.25) is 0 Å². The van der Waals surface area contributed by atoms with Gasteiger partial charge in [-0.1, -0.05) is 192 Å². The Morgan fingerprint density at radius 2 is 0.802 bits per heavy atom. The van der Waals surface area contributed by atoms with Crippen molar-refractivity contribution in [1.82, 2.24) is 0 Å². The van der Waals surface area contributed by atoms with Crippen molar-refractivity contribution >= 4 is 57.8 Å². The number of para-hydroxylation sites is 1. The van der Waals surface area contributed by atoms with E-state index in [-0.39, 0.29) is 11.6 Å². The lowest BCUT2D eigenvalue weighted by Gasteiger charge is -2.29. The lowest BCUT2D eigenvalue weighted by molar-refractivity contribution is 0.0976. The van der Waals surface area contributed by atoms with Gasteiger partial charge in [0.15, 0.2) is 11.6 Å². The van der Waals surface area contributed by atoms with E-state index in [1.807, 2.05) is 42.5 Å². The number of aryl methyl sites for hydroxylation is 3. The van der Waals surface area contributed by atoms with Gasteiger partial charge in [-0.25, -0.2) is 0 Å². The number of ketones is 2. The number of benzene rings is 8. The van der Waals surface area contributed by atoms with Crippen LogP contribution >= 0.6 is 23.5 Å². The minimum absolute atomic E-state index is 0.161. The summed E-state index contributed by atoms with van der Waals surface area (Å²) in [7, 11) is 0. The maximum absolute atomic E-state index is 15.9. The first kappa shape index (κ1) is 56.3. The predicted octanol–water partition coefficient (Wildman–Crippen LogP) is 22.2. The van der Waals surface area contributed by atoms with E-state index in [1.165, 1.54) is 125 Å². The first-order chi connectivity index (χ1) is 39.6. The Morgan fingerprint density at radius 1 is 0.395 bits per heavy atom. The van der Waals surface area contributed by atoms with Crippen LogP contribution in [0.25, 0.3) is 22.3 Å². The van der Waals surface area contributed by atoms with Crippen molar-refractivity contribution in [2.24, 2.45) is 11.8 Å². The van der Waals surface area contributed by atoms with Crippen molar-refractivity contribution in [3.8, 4) is 22.3 Å². The maximum Gasteiger partial charge on any atom is 0.198 e. The topological polar surface area (TPSA) is 58.2 Å². The van der Waals surface area contributed by atoms with Crippen LogP contribution in [-0.4, -0.2) is 11.6 Å². The second-order valence-electron chi connectivity index (χ2n) is 23.7. The van der Waals surface area contributed by atoms with Gasteiger partial charge in [-0.15, -0.1) is 0 Å². The molecule has 0 atom stereocenters. The molecule has 0 aliphatic heterocycles. The number of hydrogen-bond acceptors (Lipinski definition) is 6. The Kier molecular flexibility index (Phi) is 18.1. The minimum Gasteiger partial charge on any atom is -0.355 e. The summed E-state index contributed by atoms with van der Waals surface area (Å²) >= 11 is 3.08. The molecule has 2 fully saturated rings. The monoisotopic (exact) mass is 1100 g/mol. The van der Waals surface area contributed by atoms with Crippen LogP contribution in [0, 0.1) is 32.6 Å². The highest BCUT2D eigenvalue weighted by atomic mass is 32.2. The Hall–Kier alpha value is -6.60. The molecule has 2 N–H and O–H groups in total. The highest BCUT2D eigenvalue weighted by Gasteiger charge is 2.38. The van der Waals surface area contributed by atoms with E-state index >= 15 is 9.59 Å². The van der Waals surface area contributed by atoms with Gasteiger partial charge >= 0.3 is 0 Å². The first-order valence-corrected chi connectivity index (χ1v) is 32.1. The van der Waals surface area contributed by atoms with Crippen molar-refractivity contribution in [2.75, 3.05) is 10.6 Å². The van der Waals surface area contributed by atoms with Gasteiger partial charge in [0, 0.05) is 42.1 Å². The average Bonchev–Trinajstić information content (AvgIpc) is 3.50. The zero-order chi connectivity index (χ0) is 55.8. The summed E-state index contributed by atoms with van der Waals surface area (Å²) in [6, 6.07) is 58.2. The summed E-state index contributed by atoms with van der Waals surface area (Å²) in [5.74, 6) is 2.76. The molecule has 0 saturated heterocycles. The highest BCUT2D eigenvalue weighted by molar-refractivity contribution is 7.99. The van der Waals surface area contributed by atoms with E-state index in [2.05, 4.69) is 167 Å². The Bertz CT molecular complexity index is 3470. The van der Waals surface area contributed by atoms with E-state index in [0.29, 0.717) is 45.5 Å². The third-order valence-corrected chi connectivity index (χ3v) is 20.2. The molecule has 3 aliphatic rings. The summed E-state index contributed by atoms with van der Waals surface area (Å²) in [6.07, 6.45) is 21.5. The quantitative estimate of drug-likeness (QED) is 0.0742. The van der Waals surface area contributed by atoms with Crippen molar-refractivity contribution < 1.29 is 9.59 Å². The van der Waals surface area contributed by atoms with Gasteiger partial charge < -0.3 is 10.6 Å². The summed E-state index contributed by atoms with van der Waals surface area (Å²) in [5, 5.41) is 7.26. The molecule has 0 amide bonds. The van der Waals surface area contributed by atoms with Crippen molar-refractivity contribution in [2.45, 2.75) is 169 Å². The number of fused-ring (bicyclic) bond motifs is 2. The van der Waals surface area contributed by atoms with Crippen LogP contribution in [0.3, 0.4) is 0 Å². The molecule has 8 aromatic rings. The molecule has 0 aromatic heterocycles. The Labute approximate surface area is 491 Å². The number of rotatable bonds is 20. The second-order valence-corrected chi connectivity index (χ2v) is 25.9. The molecule has 11 rings (SSSR count). The highest BCUT2D eigenvalue weighted by Crippen LogP contribution is 2.48. The van der Waals surface area contributed by atoms with Gasteiger partial charge in [-0.3, -0.25) is 9.59 Å². The second kappa shape index (κ2) is 26.1. The molecule has 81 heavy (non-hydrogen) atoms. The molecule has 0 unspecified atom stereocenters. The van der Waals surface area contributed by atoms with Gasteiger partial charge in [0.25, 0.3) is 0 Å². The number of nitrogens with one attached hydrogen (secondary N) is 2. The summed E-state index contributed by atoms with van der Waals surface area (Å²) in [6.45, 7) is 10.8. The van der Waals surface area contributed by atoms with Gasteiger partial charge in [-0.05, 0) is 207 Å². The van der Waals surface area contributed by atoms with E-state index in [4.69, 9.17) is 0 Å². The van der Waals surface area contributed by atoms with Crippen LogP contribution in [0.1, 0.15) is 188 Å². The van der Waals surface area contributed by atoms with E-state index in [1.54, 1.807) is 23.5 Å². The van der Waals surface area contributed by atoms with Gasteiger partial charge in [-0.2, -0.15) is 0 Å². The third-order valence-electron chi connectivity index (χ3n) is 18.0. The van der Waals surface area contributed by atoms with Crippen LogP contribution in [0.2, 0.25) is 0 Å². The third kappa shape index (κ3) is 13.0. The number of carbonyl (C=O) groups is 2. The van der Waals surface area contributed by atoms with Crippen LogP contribution < -0.4 is 10.6 Å². The minimum atomic E-state index is -0.189. The van der Waals surface area contributed by atoms with Crippen molar-refractivity contribution in [1.29, 1.82) is 0 Å². The van der Waals surface area contributed by atoms with Crippen molar-refractivity contribution in [3.05, 3.63) is 214 Å². The SMILES string of the molecule is CCCCCC1CCC(c2ccc(-c3ccc(Sc4ccc(Nc5ccccc5C)c5c4C(=O)c4c(Sc6ccc(-c7ccc(C8CCC(CCCCC)CC8)cc7)cc6)ccc(Nc6cc(C)ccc6C)c4C5=O)cc3)cc2)CC1. The number of anilines is 4. The largest absolute Gasteiger partial charge is 0.355 e. The van der Waals surface area contributed by atoms with Gasteiger partial charge in [0.05, 0.1) is 22.5 Å². The Balaban J connectivity index is 0.884. The fraction of sp³-hybridized carbons (Fsp3) is 0.333. The standard InChI is InChI=1S/C75H80N2O2S2/c1-6-8-10-15-52-20-24-54(25-21-52)56-28-32-58(33-29-56)60-36-40-62(41-37-60)80-68-46-44-65(76-64-17-13-12-14-50(64)4)70-72(68)75(79)73-69(47-45-66(71(73)74(70)78)77-67-48-49(3)18-19-51(67)5)81-63-42-38-61(39-43-63)59-34-30-57(31-35-59)55-26-22-53(23-27-55)16-11-9-7-2/h12-14,17-19,28-48,52-55,76-77H,6-11,15-16,20-27H2,1-5H3. The summed E-state index contributed by atoms with van der Waals surface area (Å²) in [5.41, 5.74) is 15.5. The van der Waals surface area contributed by atoms with E-state index < -0.39 is 0 Å². The molecule has 4 nitrogen and oxygen atoms in total. The summed E-state index contributed by atoms with van der Waals surface area (Å²) < 4.78 is 0. The molecule has 8 aromatic carbocycles. The molecule has 0 bridgehead atoms. The molecule has 0 spiro atoms. The average molecular weight is 1110 g/mol. The zero-order valence-electron chi connectivity index (χ0n) is 48.3.